The summed E-state index contributed by atoms with van der Waals surface area (Å²) in [6.45, 7) is 4.10. The fourth-order valence-corrected chi connectivity index (χ4v) is 3.98. The zero-order valence-corrected chi connectivity index (χ0v) is 13.0. The van der Waals surface area contributed by atoms with Gasteiger partial charge in [0.1, 0.15) is 6.04 Å². The van der Waals surface area contributed by atoms with Crippen LogP contribution in [0, 0.1) is 0 Å². The first-order valence-electron chi connectivity index (χ1n) is 7.44. The highest BCUT2D eigenvalue weighted by Gasteiger charge is 2.25. The second-order valence-corrected chi connectivity index (χ2v) is 6.68. The highest BCUT2D eigenvalue weighted by molar-refractivity contribution is 7.14. The number of nitrogens with one attached hydrogen (secondary N) is 1. The van der Waals surface area contributed by atoms with Gasteiger partial charge in [0, 0.05) is 18.0 Å². The number of hydrogen-bond acceptors (Lipinski definition) is 4. The molecule has 0 saturated carbocycles. The molecule has 6 heteroatoms. The van der Waals surface area contributed by atoms with Gasteiger partial charge in [-0.3, -0.25) is 9.59 Å². The number of thiophene rings is 1. The molecule has 0 bridgehead atoms. The van der Waals surface area contributed by atoms with Crippen LogP contribution in [0.15, 0.2) is 6.07 Å². The van der Waals surface area contributed by atoms with Gasteiger partial charge in [0.2, 0.25) is 5.91 Å². The number of morpholine rings is 1. The number of fused-ring (bicyclic) bond motifs is 1. The lowest BCUT2D eigenvalue weighted by Crippen LogP contribution is -2.50. The van der Waals surface area contributed by atoms with E-state index in [4.69, 9.17) is 4.74 Å². The lowest BCUT2D eigenvalue weighted by molar-refractivity contribution is -0.136. The first kappa shape index (κ1) is 14.5. The molecule has 1 aliphatic carbocycles. The second-order valence-electron chi connectivity index (χ2n) is 5.55. The first-order valence-corrected chi connectivity index (χ1v) is 8.26. The smallest absolute Gasteiger partial charge is 0.262 e. The number of ether oxygens (including phenoxy) is 1. The average Bonchev–Trinajstić information content (AvgIpc) is 3.08. The van der Waals surface area contributed by atoms with Gasteiger partial charge in [-0.25, -0.2) is 0 Å². The van der Waals surface area contributed by atoms with Crippen LogP contribution in [0.4, 0.5) is 0 Å². The van der Waals surface area contributed by atoms with E-state index in [1.807, 2.05) is 6.07 Å². The van der Waals surface area contributed by atoms with Crippen molar-refractivity contribution in [3.05, 3.63) is 21.4 Å². The van der Waals surface area contributed by atoms with Crippen molar-refractivity contribution in [1.82, 2.24) is 10.2 Å². The van der Waals surface area contributed by atoms with Crippen molar-refractivity contribution in [2.45, 2.75) is 32.2 Å². The number of nitrogens with zero attached hydrogens (tertiary/aromatic N) is 1. The van der Waals surface area contributed by atoms with E-state index in [0.717, 1.165) is 17.7 Å². The minimum atomic E-state index is -0.493. The van der Waals surface area contributed by atoms with Crippen molar-refractivity contribution < 1.29 is 14.3 Å². The molecule has 1 atom stereocenters. The monoisotopic (exact) mass is 308 g/mol. The highest BCUT2D eigenvalue weighted by Crippen LogP contribution is 2.30. The number of carbonyl (C=O) groups is 2. The van der Waals surface area contributed by atoms with Crippen LogP contribution in [0.2, 0.25) is 0 Å². The van der Waals surface area contributed by atoms with E-state index in [9.17, 15) is 9.59 Å². The average molecular weight is 308 g/mol. The summed E-state index contributed by atoms with van der Waals surface area (Å²) in [6, 6.07) is 1.49. The summed E-state index contributed by atoms with van der Waals surface area (Å²) in [7, 11) is 0. The van der Waals surface area contributed by atoms with Gasteiger partial charge < -0.3 is 15.0 Å². The number of amides is 2. The van der Waals surface area contributed by atoms with E-state index >= 15 is 0 Å². The summed E-state index contributed by atoms with van der Waals surface area (Å²) in [6.07, 6.45) is 3.34. The topological polar surface area (TPSA) is 58.6 Å². The Morgan fingerprint density at radius 2 is 2.10 bits per heavy atom. The van der Waals surface area contributed by atoms with Gasteiger partial charge in [-0.05, 0) is 37.8 Å². The Hall–Kier alpha value is -1.40. The summed E-state index contributed by atoms with van der Waals surface area (Å²) >= 11 is 1.56. The lowest BCUT2D eigenvalue weighted by atomic mass is 10.2. The molecule has 2 aliphatic rings. The van der Waals surface area contributed by atoms with Crippen LogP contribution in [0.25, 0.3) is 0 Å². The summed E-state index contributed by atoms with van der Waals surface area (Å²) in [5.41, 5.74) is 1.30. The first-order chi connectivity index (χ1) is 10.1. The summed E-state index contributed by atoms with van der Waals surface area (Å²) in [5.74, 6) is -0.167. The molecule has 5 nitrogen and oxygen atoms in total. The predicted molar refractivity (Wildman–Crippen MR) is 80.7 cm³/mol. The zero-order valence-electron chi connectivity index (χ0n) is 12.2. The fourth-order valence-electron chi connectivity index (χ4n) is 2.83. The molecule has 3 rings (SSSR count). The van der Waals surface area contributed by atoms with Crippen LogP contribution in [-0.2, 0) is 22.4 Å². The second kappa shape index (κ2) is 6.15. The Kier molecular flexibility index (Phi) is 4.26. The van der Waals surface area contributed by atoms with Gasteiger partial charge in [-0.15, -0.1) is 11.3 Å². The van der Waals surface area contributed by atoms with E-state index in [2.05, 4.69) is 5.32 Å². The van der Waals surface area contributed by atoms with E-state index in [1.54, 1.807) is 23.2 Å². The summed E-state index contributed by atoms with van der Waals surface area (Å²) in [4.78, 5) is 28.3. The number of rotatable bonds is 3. The molecule has 1 aromatic heterocycles. The Morgan fingerprint density at radius 3 is 2.81 bits per heavy atom. The van der Waals surface area contributed by atoms with Crippen molar-refractivity contribution in [2.75, 3.05) is 26.3 Å². The Morgan fingerprint density at radius 1 is 1.33 bits per heavy atom. The molecule has 2 heterocycles. The quantitative estimate of drug-likeness (QED) is 0.913. The number of aryl methyl sites for hydroxylation is 2. The minimum Gasteiger partial charge on any atom is -0.378 e. The molecule has 21 heavy (non-hydrogen) atoms. The van der Waals surface area contributed by atoms with Crippen molar-refractivity contribution in [2.24, 2.45) is 0 Å². The van der Waals surface area contributed by atoms with Gasteiger partial charge in [-0.2, -0.15) is 0 Å². The third-order valence-electron chi connectivity index (χ3n) is 4.01. The van der Waals surface area contributed by atoms with Crippen LogP contribution in [0.1, 0.15) is 33.5 Å². The van der Waals surface area contributed by atoms with Crippen LogP contribution >= 0.6 is 11.3 Å². The molecule has 1 saturated heterocycles. The number of carbonyl (C=O) groups excluding carboxylic acids is 2. The molecule has 114 valence electrons. The molecule has 1 aliphatic heterocycles. The number of hydrogen-bond donors (Lipinski definition) is 1. The van der Waals surface area contributed by atoms with Crippen molar-refractivity contribution in [3.63, 3.8) is 0 Å². The Bertz CT molecular complexity index is 528. The molecule has 2 amide bonds. The molecule has 1 fully saturated rings. The normalized spacial score (nSPS) is 19.2. The predicted octanol–water partition coefficient (Wildman–Crippen LogP) is 1.21. The SMILES string of the molecule is CC(NC(=O)c1cc2c(s1)CCC2)C(=O)N1CCOCC1. The van der Waals surface area contributed by atoms with Gasteiger partial charge in [0.05, 0.1) is 18.1 Å². The molecule has 1 unspecified atom stereocenters. The molecule has 1 aromatic rings. The zero-order chi connectivity index (χ0) is 14.8. The minimum absolute atomic E-state index is 0.0317. The largest absolute Gasteiger partial charge is 0.378 e. The standard InChI is InChI=1S/C15H20N2O3S/c1-10(15(19)17-5-7-20-8-6-17)16-14(18)13-9-11-3-2-4-12(11)21-13/h9-10H,2-8H2,1H3,(H,16,18). The van der Waals surface area contributed by atoms with Crippen LogP contribution in [0.5, 0.6) is 0 Å². The molecule has 0 spiro atoms. The Labute approximate surface area is 128 Å². The van der Waals surface area contributed by atoms with Crippen molar-refractivity contribution >= 4 is 23.2 Å². The van der Waals surface area contributed by atoms with Crippen LogP contribution < -0.4 is 5.32 Å². The third kappa shape index (κ3) is 3.11. The van der Waals surface area contributed by atoms with Gasteiger partial charge >= 0.3 is 0 Å². The highest BCUT2D eigenvalue weighted by atomic mass is 32.1. The van der Waals surface area contributed by atoms with Crippen LogP contribution in [-0.4, -0.2) is 49.1 Å². The Balaban J connectivity index is 1.59. The van der Waals surface area contributed by atoms with Crippen molar-refractivity contribution in [3.8, 4) is 0 Å². The molecule has 0 aromatic carbocycles. The van der Waals surface area contributed by atoms with Gasteiger partial charge in [0.15, 0.2) is 0 Å². The third-order valence-corrected chi connectivity index (χ3v) is 5.25. The molecule has 1 N–H and O–H groups in total. The maximum absolute atomic E-state index is 12.3. The van der Waals surface area contributed by atoms with Gasteiger partial charge in [-0.1, -0.05) is 0 Å². The van der Waals surface area contributed by atoms with Crippen molar-refractivity contribution in [1.29, 1.82) is 0 Å². The van der Waals surface area contributed by atoms with E-state index in [1.165, 1.54) is 16.9 Å². The maximum atomic E-state index is 12.3. The maximum Gasteiger partial charge on any atom is 0.262 e. The van der Waals surface area contributed by atoms with E-state index < -0.39 is 6.04 Å². The van der Waals surface area contributed by atoms with Crippen LogP contribution in [0.3, 0.4) is 0 Å². The molecular formula is C15H20N2O3S. The van der Waals surface area contributed by atoms with E-state index in [-0.39, 0.29) is 11.8 Å². The van der Waals surface area contributed by atoms with E-state index in [0.29, 0.717) is 26.3 Å². The lowest BCUT2D eigenvalue weighted by Gasteiger charge is -2.29. The summed E-state index contributed by atoms with van der Waals surface area (Å²) in [5, 5.41) is 2.82. The summed E-state index contributed by atoms with van der Waals surface area (Å²) < 4.78 is 5.24. The van der Waals surface area contributed by atoms with Gasteiger partial charge in [0.25, 0.3) is 5.91 Å². The molecular weight excluding hydrogens is 288 g/mol. The molecule has 0 radical (unpaired) electrons. The fraction of sp³-hybridized carbons (Fsp3) is 0.600.